The molecule has 5 nitrogen and oxygen atoms in total. The summed E-state index contributed by atoms with van der Waals surface area (Å²) in [7, 11) is 3.20. The molecule has 1 N–H and O–H groups in total. The minimum atomic E-state index is -0.211. The Morgan fingerprint density at radius 3 is 2.36 bits per heavy atom. The van der Waals surface area contributed by atoms with Gasteiger partial charge in [0.25, 0.3) is 0 Å². The van der Waals surface area contributed by atoms with E-state index in [0.717, 1.165) is 23.2 Å². The summed E-state index contributed by atoms with van der Waals surface area (Å²) in [6.45, 7) is 2.04. The molecule has 2 rings (SSSR count). The molecular formula is C20H24N2O3. The second-order valence-electron chi connectivity index (χ2n) is 5.80. The maximum atomic E-state index is 12.4. The Balaban J connectivity index is 1.95. The van der Waals surface area contributed by atoms with E-state index >= 15 is 0 Å². The molecule has 0 aromatic heterocycles. The van der Waals surface area contributed by atoms with Crippen LogP contribution in [0, 0.1) is 0 Å². The third-order valence-corrected chi connectivity index (χ3v) is 4.01. The normalized spacial score (nSPS) is 10.2. The molecule has 0 radical (unpaired) electrons. The number of hydrogen-bond donors (Lipinski definition) is 1. The first-order valence-electron chi connectivity index (χ1n) is 8.28. The summed E-state index contributed by atoms with van der Waals surface area (Å²) < 4.78 is 5.26. The Kier molecular flexibility index (Phi) is 6.57. The number of carbonyl (C=O) groups excluding carboxylic acids is 2. The van der Waals surface area contributed by atoms with Crippen molar-refractivity contribution in [3.63, 3.8) is 0 Å². The van der Waals surface area contributed by atoms with Gasteiger partial charge in [0.2, 0.25) is 11.8 Å². The number of hydrogen-bond acceptors (Lipinski definition) is 3. The summed E-state index contributed by atoms with van der Waals surface area (Å²) in [5, 5.41) is 2.88. The van der Waals surface area contributed by atoms with Gasteiger partial charge in [-0.05, 0) is 24.1 Å². The molecule has 0 unspecified atom stereocenters. The predicted molar refractivity (Wildman–Crippen MR) is 98.8 cm³/mol. The fourth-order valence-corrected chi connectivity index (χ4v) is 2.59. The zero-order chi connectivity index (χ0) is 18.2. The zero-order valence-corrected chi connectivity index (χ0v) is 14.9. The lowest BCUT2D eigenvalue weighted by molar-refractivity contribution is -0.132. The largest absolute Gasteiger partial charge is 0.496 e. The van der Waals surface area contributed by atoms with Gasteiger partial charge in [0.15, 0.2) is 0 Å². The van der Waals surface area contributed by atoms with E-state index in [1.165, 1.54) is 4.90 Å². The lowest BCUT2D eigenvalue weighted by atomic mass is 10.1. The summed E-state index contributed by atoms with van der Waals surface area (Å²) in [6, 6.07) is 15.1. The smallest absolute Gasteiger partial charge is 0.243 e. The molecule has 0 spiro atoms. The van der Waals surface area contributed by atoms with Crippen LogP contribution in [0.5, 0.6) is 5.75 Å². The number of benzene rings is 2. The number of para-hydroxylation sites is 2. The average molecular weight is 340 g/mol. The molecule has 0 bridgehead atoms. The molecule has 0 saturated carbocycles. The average Bonchev–Trinajstić information content (AvgIpc) is 2.62. The van der Waals surface area contributed by atoms with Crippen molar-refractivity contribution in [2.24, 2.45) is 0 Å². The minimum Gasteiger partial charge on any atom is -0.496 e. The maximum absolute atomic E-state index is 12.4. The van der Waals surface area contributed by atoms with Crippen LogP contribution >= 0.6 is 0 Å². The minimum absolute atomic E-state index is 0.00598. The van der Waals surface area contributed by atoms with Crippen LogP contribution in [-0.4, -0.2) is 37.4 Å². The molecule has 132 valence electrons. The van der Waals surface area contributed by atoms with Crippen LogP contribution in [0.15, 0.2) is 48.5 Å². The molecule has 0 saturated heterocycles. The maximum Gasteiger partial charge on any atom is 0.243 e. The van der Waals surface area contributed by atoms with Gasteiger partial charge in [0.05, 0.1) is 20.1 Å². The molecular weight excluding hydrogens is 316 g/mol. The van der Waals surface area contributed by atoms with E-state index in [0.29, 0.717) is 5.75 Å². The SMILES string of the molecule is CCc1ccccc1NC(=O)CN(C)C(=O)Cc1ccccc1OC. The van der Waals surface area contributed by atoms with Gasteiger partial charge in [-0.3, -0.25) is 9.59 Å². The van der Waals surface area contributed by atoms with Crippen LogP contribution in [0.3, 0.4) is 0 Å². The van der Waals surface area contributed by atoms with Crippen molar-refractivity contribution in [3.8, 4) is 5.75 Å². The van der Waals surface area contributed by atoms with Gasteiger partial charge in [-0.25, -0.2) is 0 Å². The van der Waals surface area contributed by atoms with Crippen LogP contribution in [0.25, 0.3) is 0 Å². The number of amides is 2. The van der Waals surface area contributed by atoms with Gasteiger partial charge in [-0.15, -0.1) is 0 Å². The standard InChI is InChI=1S/C20H24N2O3/c1-4-15-9-5-7-11-17(15)21-19(23)14-22(2)20(24)13-16-10-6-8-12-18(16)25-3/h5-12H,4,13-14H2,1-3H3,(H,21,23). The highest BCUT2D eigenvalue weighted by molar-refractivity contribution is 5.95. The van der Waals surface area contributed by atoms with E-state index in [1.807, 2.05) is 55.5 Å². The molecule has 2 aromatic carbocycles. The first-order chi connectivity index (χ1) is 12.0. The van der Waals surface area contributed by atoms with Gasteiger partial charge in [-0.1, -0.05) is 43.3 Å². The third-order valence-electron chi connectivity index (χ3n) is 4.01. The fraction of sp³-hybridized carbons (Fsp3) is 0.300. The van der Waals surface area contributed by atoms with Gasteiger partial charge < -0.3 is 15.0 Å². The molecule has 2 aromatic rings. The quantitative estimate of drug-likeness (QED) is 0.843. The van der Waals surface area contributed by atoms with Crippen molar-refractivity contribution >= 4 is 17.5 Å². The number of nitrogens with zero attached hydrogens (tertiary/aromatic N) is 1. The second kappa shape index (κ2) is 8.87. The molecule has 0 atom stereocenters. The highest BCUT2D eigenvalue weighted by Crippen LogP contribution is 2.18. The van der Waals surface area contributed by atoms with Gasteiger partial charge >= 0.3 is 0 Å². The van der Waals surface area contributed by atoms with E-state index in [-0.39, 0.29) is 24.8 Å². The van der Waals surface area contributed by atoms with Crippen molar-refractivity contribution in [2.75, 3.05) is 26.0 Å². The predicted octanol–water partition coefficient (Wildman–Crippen LogP) is 2.90. The van der Waals surface area contributed by atoms with Crippen molar-refractivity contribution < 1.29 is 14.3 Å². The summed E-state index contributed by atoms with van der Waals surface area (Å²) in [4.78, 5) is 26.1. The van der Waals surface area contributed by atoms with Gasteiger partial charge in [-0.2, -0.15) is 0 Å². The molecule has 0 fully saturated rings. The number of ether oxygens (including phenoxy) is 1. The van der Waals surface area contributed by atoms with Crippen LogP contribution < -0.4 is 10.1 Å². The van der Waals surface area contributed by atoms with Crippen molar-refractivity contribution in [1.82, 2.24) is 4.90 Å². The Bertz CT molecular complexity index is 743. The summed E-state index contributed by atoms with van der Waals surface area (Å²) in [5.74, 6) is 0.325. The summed E-state index contributed by atoms with van der Waals surface area (Å²) >= 11 is 0. The monoisotopic (exact) mass is 340 g/mol. The number of nitrogens with one attached hydrogen (secondary N) is 1. The number of likely N-dealkylation sites (N-methyl/N-ethyl adjacent to an activating group) is 1. The molecule has 0 aliphatic heterocycles. The molecule has 0 aliphatic rings. The van der Waals surface area contributed by atoms with Crippen molar-refractivity contribution in [3.05, 3.63) is 59.7 Å². The van der Waals surface area contributed by atoms with E-state index < -0.39 is 0 Å². The number of aryl methyl sites for hydroxylation is 1. The first-order valence-corrected chi connectivity index (χ1v) is 8.28. The number of carbonyl (C=O) groups is 2. The summed E-state index contributed by atoms with van der Waals surface area (Å²) in [5.41, 5.74) is 2.66. The lowest BCUT2D eigenvalue weighted by Gasteiger charge is -2.18. The third kappa shape index (κ3) is 5.08. The van der Waals surface area contributed by atoms with Crippen molar-refractivity contribution in [2.45, 2.75) is 19.8 Å². The van der Waals surface area contributed by atoms with E-state index in [1.54, 1.807) is 14.2 Å². The Morgan fingerprint density at radius 1 is 1.04 bits per heavy atom. The van der Waals surface area contributed by atoms with Gasteiger partial charge in [0, 0.05) is 18.3 Å². The first kappa shape index (κ1) is 18.5. The van der Waals surface area contributed by atoms with E-state index in [9.17, 15) is 9.59 Å². The fourth-order valence-electron chi connectivity index (χ4n) is 2.59. The van der Waals surface area contributed by atoms with E-state index in [2.05, 4.69) is 5.32 Å². The van der Waals surface area contributed by atoms with Crippen LogP contribution in [0.4, 0.5) is 5.69 Å². The number of anilines is 1. The molecule has 25 heavy (non-hydrogen) atoms. The second-order valence-corrected chi connectivity index (χ2v) is 5.80. The van der Waals surface area contributed by atoms with Crippen LogP contribution in [0.1, 0.15) is 18.1 Å². The van der Waals surface area contributed by atoms with E-state index in [4.69, 9.17) is 4.74 Å². The molecule has 0 heterocycles. The Morgan fingerprint density at radius 2 is 1.68 bits per heavy atom. The van der Waals surface area contributed by atoms with Crippen LogP contribution in [-0.2, 0) is 22.4 Å². The van der Waals surface area contributed by atoms with Crippen molar-refractivity contribution in [1.29, 1.82) is 0 Å². The molecule has 2 amide bonds. The highest BCUT2D eigenvalue weighted by atomic mass is 16.5. The Hall–Kier alpha value is -2.82. The summed E-state index contributed by atoms with van der Waals surface area (Å²) in [6.07, 6.45) is 1.03. The van der Waals surface area contributed by atoms with Gasteiger partial charge in [0.1, 0.15) is 5.75 Å². The lowest BCUT2D eigenvalue weighted by Crippen LogP contribution is -2.36. The van der Waals surface area contributed by atoms with Crippen LogP contribution in [0.2, 0.25) is 0 Å². The number of rotatable bonds is 7. The Labute approximate surface area is 148 Å². The highest BCUT2D eigenvalue weighted by Gasteiger charge is 2.16. The molecule has 0 aliphatic carbocycles. The zero-order valence-electron chi connectivity index (χ0n) is 14.9. The molecule has 5 heteroatoms. The number of methoxy groups -OCH3 is 1. The topological polar surface area (TPSA) is 58.6 Å².